The van der Waals surface area contributed by atoms with Crippen molar-refractivity contribution in [1.29, 1.82) is 0 Å². The molecule has 0 aliphatic carbocycles. The molecule has 0 spiro atoms. The zero-order valence-corrected chi connectivity index (χ0v) is 27.5. The Labute approximate surface area is 257 Å². The van der Waals surface area contributed by atoms with Crippen molar-refractivity contribution in [2.75, 3.05) is 13.2 Å². The van der Waals surface area contributed by atoms with Crippen LogP contribution < -0.4 is 4.74 Å². The molecule has 1 aromatic heterocycles. The van der Waals surface area contributed by atoms with Gasteiger partial charge in [-0.3, -0.25) is 0 Å². The fraction of sp³-hybridized carbons (Fsp3) is 0.730. The molecule has 0 aliphatic rings. The van der Waals surface area contributed by atoms with Gasteiger partial charge in [0.25, 0.3) is 0 Å². The van der Waals surface area contributed by atoms with Gasteiger partial charge in [0.2, 0.25) is 0 Å². The van der Waals surface area contributed by atoms with E-state index in [1.165, 1.54) is 156 Å². The van der Waals surface area contributed by atoms with Gasteiger partial charge in [0.1, 0.15) is 18.5 Å². The molecule has 0 fully saturated rings. The van der Waals surface area contributed by atoms with Gasteiger partial charge < -0.3 is 14.9 Å². The summed E-state index contributed by atoms with van der Waals surface area (Å²) in [6.07, 6.45) is 29.3. The standard InChI is InChI=1S/C37H62O3S/c1-3-5-7-9-10-11-12-13-14-15-16-17-18-19-20-22-24-36-29-33(23-21-8-6-4-2)37(41-36)32-25-27-35(28-26-32)40-31-34(39)30-38/h25-29,34,38-39H,3-24,30-31H2,1-2H3. The van der Waals surface area contributed by atoms with Crippen molar-refractivity contribution in [3.05, 3.63) is 40.8 Å². The van der Waals surface area contributed by atoms with Gasteiger partial charge in [-0.15, -0.1) is 11.3 Å². The van der Waals surface area contributed by atoms with Crippen LogP contribution in [0.15, 0.2) is 30.3 Å². The Hall–Kier alpha value is -1.36. The van der Waals surface area contributed by atoms with Gasteiger partial charge in [-0.1, -0.05) is 129 Å². The fourth-order valence-electron chi connectivity index (χ4n) is 5.58. The molecule has 2 N–H and O–H groups in total. The summed E-state index contributed by atoms with van der Waals surface area (Å²) in [7, 11) is 0. The third kappa shape index (κ3) is 16.8. The quantitative estimate of drug-likeness (QED) is 0.102. The molecule has 1 heterocycles. The van der Waals surface area contributed by atoms with Crippen molar-refractivity contribution >= 4 is 11.3 Å². The van der Waals surface area contributed by atoms with E-state index in [9.17, 15) is 5.11 Å². The first-order valence-electron chi connectivity index (χ1n) is 17.3. The van der Waals surface area contributed by atoms with Gasteiger partial charge in [-0.25, -0.2) is 0 Å². The van der Waals surface area contributed by atoms with Crippen molar-refractivity contribution in [2.45, 2.75) is 161 Å². The summed E-state index contributed by atoms with van der Waals surface area (Å²) >= 11 is 1.98. The van der Waals surface area contributed by atoms with Crippen molar-refractivity contribution in [3.63, 3.8) is 0 Å². The van der Waals surface area contributed by atoms with Crippen LogP contribution in [0.5, 0.6) is 5.75 Å². The maximum absolute atomic E-state index is 9.55. The number of benzene rings is 1. The Morgan fingerprint density at radius 3 is 1.61 bits per heavy atom. The first kappa shape index (κ1) is 35.8. The number of aliphatic hydroxyl groups is 2. The number of hydrogen-bond donors (Lipinski definition) is 2. The molecule has 0 bridgehead atoms. The molecule has 4 heteroatoms. The number of aryl methyl sites for hydroxylation is 2. The highest BCUT2D eigenvalue weighted by atomic mass is 32.1. The first-order valence-corrected chi connectivity index (χ1v) is 18.1. The predicted molar refractivity (Wildman–Crippen MR) is 179 cm³/mol. The molecule has 0 aliphatic heterocycles. The number of thiophene rings is 1. The second-order valence-corrected chi connectivity index (χ2v) is 13.2. The van der Waals surface area contributed by atoms with E-state index in [1.807, 2.05) is 23.5 Å². The van der Waals surface area contributed by atoms with Crippen LogP contribution in [-0.4, -0.2) is 29.5 Å². The molecule has 1 unspecified atom stereocenters. The van der Waals surface area contributed by atoms with Crippen molar-refractivity contribution in [3.8, 4) is 16.2 Å². The van der Waals surface area contributed by atoms with Crippen LogP contribution in [0.1, 0.15) is 153 Å². The van der Waals surface area contributed by atoms with Gasteiger partial charge in [-0.05, 0) is 67.1 Å². The summed E-state index contributed by atoms with van der Waals surface area (Å²) in [4.78, 5) is 2.94. The average molecular weight is 587 g/mol. The van der Waals surface area contributed by atoms with E-state index in [4.69, 9.17) is 9.84 Å². The highest BCUT2D eigenvalue weighted by Crippen LogP contribution is 2.36. The van der Waals surface area contributed by atoms with E-state index in [1.54, 1.807) is 0 Å². The molecule has 2 rings (SSSR count). The van der Waals surface area contributed by atoms with E-state index >= 15 is 0 Å². The van der Waals surface area contributed by atoms with E-state index < -0.39 is 6.10 Å². The lowest BCUT2D eigenvalue weighted by Gasteiger charge is -2.10. The second kappa shape index (κ2) is 24.1. The minimum atomic E-state index is -0.839. The average Bonchev–Trinajstić information content (AvgIpc) is 3.40. The van der Waals surface area contributed by atoms with Gasteiger partial charge in [-0.2, -0.15) is 0 Å². The summed E-state index contributed by atoms with van der Waals surface area (Å²) in [5.41, 5.74) is 2.76. The van der Waals surface area contributed by atoms with Crippen LogP contribution in [0.4, 0.5) is 0 Å². The Morgan fingerprint density at radius 2 is 1.10 bits per heavy atom. The largest absolute Gasteiger partial charge is 0.491 e. The van der Waals surface area contributed by atoms with Gasteiger partial charge >= 0.3 is 0 Å². The minimum Gasteiger partial charge on any atom is -0.491 e. The van der Waals surface area contributed by atoms with Crippen LogP contribution >= 0.6 is 11.3 Å². The Kier molecular flexibility index (Phi) is 21.1. The zero-order chi connectivity index (χ0) is 29.4. The molecule has 3 nitrogen and oxygen atoms in total. The van der Waals surface area contributed by atoms with Crippen LogP contribution in [0.2, 0.25) is 0 Å². The van der Waals surface area contributed by atoms with Gasteiger partial charge in [0.05, 0.1) is 6.61 Å². The summed E-state index contributed by atoms with van der Waals surface area (Å²) in [5.74, 6) is 0.732. The lowest BCUT2D eigenvalue weighted by Crippen LogP contribution is -2.21. The predicted octanol–water partition coefficient (Wildman–Crippen LogP) is 11.1. The smallest absolute Gasteiger partial charge is 0.119 e. The Morgan fingerprint density at radius 1 is 0.634 bits per heavy atom. The lowest BCUT2D eigenvalue weighted by atomic mass is 10.0. The normalized spacial score (nSPS) is 12.2. The number of hydrogen-bond acceptors (Lipinski definition) is 4. The number of rotatable bonds is 27. The van der Waals surface area contributed by atoms with Crippen molar-refractivity contribution in [1.82, 2.24) is 0 Å². The highest BCUT2D eigenvalue weighted by molar-refractivity contribution is 7.15. The summed E-state index contributed by atoms with van der Waals surface area (Å²) < 4.78 is 5.61. The highest BCUT2D eigenvalue weighted by Gasteiger charge is 2.12. The molecule has 0 saturated carbocycles. The topological polar surface area (TPSA) is 49.7 Å². The number of aliphatic hydroxyl groups excluding tert-OH is 2. The maximum Gasteiger partial charge on any atom is 0.119 e. The van der Waals surface area contributed by atoms with E-state index in [-0.39, 0.29) is 13.2 Å². The molecular formula is C37H62O3S. The third-order valence-electron chi connectivity index (χ3n) is 8.21. The number of ether oxygens (including phenoxy) is 1. The van der Waals surface area contributed by atoms with Gasteiger partial charge in [0, 0.05) is 9.75 Å². The molecule has 0 saturated heterocycles. The summed E-state index contributed by atoms with van der Waals surface area (Å²) in [6.45, 7) is 4.40. The summed E-state index contributed by atoms with van der Waals surface area (Å²) in [6, 6.07) is 10.7. The van der Waals surface area contributed by atoms with E-state index in [0.717, 1.165) is 12.2 Å². The minimum absolute atomic E-state index is 0.112. The van der Waals surface area contributed by atoms with Crippen LogP contribution in [0, 0.1) is 0 Å². The second-order valence-electron chi connectivity index (χ2n) is 12.1. The Balaban J connectivity index is 1.67. The molecule has 0 amide bonds. The fourth-order valence-corrected chi connectivity index (χ4v) is 6.83. The molecule has 41 heavy (non-hydrogen) atoms. The Bertz CT molecular complexity index is 860. The first-order chi connectivity index (χ1) is 20.2. The van der Waals surface area contributed by atoms with Crippen LogP contribution in [0.25, 0.3) is 10.4 Å². The molecule has 1 atom stereocenters. The molecule has 0 radical (unpaired) electrons. The van der Waals surface area contributed by atoms with Crippen LogP contribution in [0.3, 0.4) is 0 Å². The number of unbranched alkanes of at least 4 members (excludes halogenated alkanes) is 18. The van der Waals surface area contributed by atoms with Crippen LogP contribution in [-0.2, 0) is 12.8 Å². The molecular weight excluding hydrogens is 524 g/mol. The lowest BCUT2D eigenvalue weighted by molar-refractivity contribution is 0.0536. The zero-order valence-electron chi connectivity index (χ0n) is 26.6. The third-order valence-corrected chi connectivity index (χ3v) is 9.49. The van der Waals surface area contributed by atoms with Crippen molar-refractivity contribution in [2.24, 2.45) is 0 Å². The monoisotopic (exact) mass is 586 g/mol. The molecule has 1 aromatic carbocycles. The van der Waals surface area contributed by atoms with E-state index in [0.29, 0.717) is 0 Å². The maximum atomic E-state index is 9.55. The molecule has 234 valence electrons. The SMILES string of the molecule is CCCCCCCCCCCCCCCCCCc1cc(CCCCCC)c(-c2ccc(OCC(O)CO)cc2)s1. The van der Waals surface area contributed by atoms with Crippen molar-refractivity contribution < 1.29 is 14.9 Å². The van der Waals surface area contributed by atoms with Gasteiger partial charge in [0.15, 0.2) is 0 Å². The van der Waals surface area contributed by atoms with E-state index in [2.05, 4.69) is 32.0 Å². The molecule has 2 aromatic rings. The summed E-state index contributed by atoms with van der Waals surface area (Å²) in [5, 5.41) is 18.6.